The van der Waals surface area contributed by atoms with E-state index in [1.54, 1.807) is 98.8 Å². The molecule has 0 aliphatic carbocycles. The molecule has 0 radical (unpaired) electrons. The third-order valence-corrected chi connectivity index (χ3v) is 12.9. The summed E-state index contributed by atoms with van der Waals surface area (Å²) in [5, 5.41) is 23.4. The van der Waals surface area contributed by atoms with Crippen molar-refractivity contribution in [2.24, 2.45) is 17.2 Å². The van der Waals surface area contributed by atoms with Crippen LogP contribution in [0.1, 0.15) is 77.6 Å². The quantitative estimate of drug-likeness (QED) is 0.0744. The number of ether oxygens (including phenoxy) is 1. The van der Waals surface area contributed by atoms with Crippen LogP contribution in [0.3, 0.4) is 0 Å². The highest BCUT2D eigenvalue weighted by atomic mass is 32.2. The molecule has 0 fully saturated rings. The van der Waals surface area contributed by atoms with Crippen molar-refractivity contribution in [3.05, 3.63) is 129 Å². The van der Waals surface area contributed by atoms with Crippen molar-refractivity contribution in [2.45, 2.75) is 95.5 Å². The van der Waals surface area contributed by atoms with Gasteiger partial charge in [-0.3, -0.25) is 15.0 Å². The molecule has 0 saturated carbocycles. The molecular weight excluding hydrogens is 759 g/mol. The number of carbonyl (C=O) groups is 3. The van der Waals surface area contributed by atoms with E-state index in [9.17, 15) is 23.1 Å². The van der Waals surface area contributed by atoms with Gasteiger partial charge in [0, 0.05) is 19.6 Å². The predicted octanol–water partition coefficient (Wildman–Crippen LogP) is 4.37. The Balaban J connectivity index is 1.51. The number of nitrogens with one attached hydrogen (secondary N) is 2. The zero-order chi connectivity index (χ0) is 42.6. The van der Waals surface area contributed by atoms with E-state index in [0.29, 0.717) is 40.8 Å². The van der Waals surface area contributed by atoms with Crippen molar-refractivity contribution >= 4 is 33.8 Å². The third-order valence-electron chi connectivity index (χ3n) is 10.8. The molecule has 4 aromatic carbocycles. The normalized spacial score (nSPS) is 14.0. The molecule has 14 nitrogen and oxygen atoms in total. The average Bonchev–Trinajstić information content (AvgIpc) is 3.18. The van der Waals surface area contributed by atoms with Crippen LogP contribution in [0.2, 0.25) is 0 Å². The van der Waals surface area contributed by atoms with Crippen LogP contribution >= 0.6 is 0 Å². The van der Waals surface area contributed by atoms with E-state index < -0.39 is 51.1 Å². The Kier molecular flexibility index (Phi) is 12.9. The van der Waals surface area contributed by atoms with Gasteiger partial charge in [0.25, 0.3) is 15.9 Å². The van der Waals surface area contributed by atoms with Gasteiger partial charge < -0.3 is 37.3 Å². The fraction of sp³-hybridized carbons (Fsp3) is 0.349. The van der Waals surface area contributed by atoms with E-state index in [0.717, 1.165) is 15.4 Å². The summed E-state index contributed by atoms with van der Waals surface area (Å²) in [5.74, 6) is -1.79. The molecular formula is C43H53N7O7S. The van der Waals surface area contributed by atoms with Crippen molar-refractivity contribution in [3.63, 3.8) is 0 Å². The van der Waals surface area contributed by atoms with Crippen LogP contribution in [0.25, 0.3) is 0 Å². The van der Waals surface area contributed by atoms with Crippen LogP contribution in [-0.2, 0) is 44.7 Å². The molecule has 0 bridgehead atoms. The number of aliphatic hydroxyl groups is 1. The minimum Gasteiger partial charge on any atom is -0.487 e. The third kappa shape index (κ3) is 8.95. The molecule has 4 aromatic rings. The van der Waals surface area contributed by atoms with E-state index in [1.165, 1.54) is 4.90 Å². The van der Waals surface area contributed by atoms with E-state index in [2.05, 4.69) is 5.32 Å². The van der Waals surface area contributed by atoms with Crippen LogP contribution in [0.15, 0.2) is 89.8 Å². The van der Waals surface area contributed by atoms with Crippen molar-refractivity contribution in [3.8, 4) is 5.75 Å². The maximum absolute atomic E-state index is 15.0. The van der Waals surface area contributed by atoms with Crippen molar-refractivity contribution in [1.82, 2.24) is 14.5 Å². The first-order chi connectivity index (χ1) is 27.3. The maximum atomic E-state index is 15.0. The fourth-order valence-corrected chi connectivity index (χ4v) is 9.45. The number of rotatable bonds is 15. The summed E-state index contributed by atoms with van der Waals surface area (Å²) in [6, 6.07) is 21.5. The van der Waals surface area contributed by atoms with Crippen LogP contribution < -0.4 is 27.3 Å². The van der Waals surface area contributed by atoms with Gasteiger partial charge in [-0.1, -0.05) is 84.9 Å². The molecule has 308 valence electrons. The number of nitrogens with two attached hydrogens (primary N) is 3. The smallest absolute Gasteiger partial charge is 0.312 e. The van der Waals surface area contributed by atoms with Gasteiger partial charge in [0.2, 0.25) is 11.9 Å². The molecule has 5 rings (SSSR count). The maximum Gasteiger partial charge on any atom is 0.312 e. The molecule has 58 heavy (non-hydrogen) atoms. The van der Waals surface area contributed by atoms with Crippen LogP contribution in [-0.4, -0.2) is 64.7 Å². The highest BCUT2D eigenvalue weighted by molar-refractivity contribution is 7.89. The molecule has 1 aliphatic rings. The summed E-state index contributed by atoms with van der Waals surface area (Å²) in [4.78, 5) is 41.0. The largest absolute Gasteiger partial charge is 0.487 e. The van der Waals surface area contributed by atoms with Gasteiger partial charge in [-0.25, -0.2) is 17.5 Å². The zero-order valence-corrected chi connectivity index (χ0v) is 34.4. The number of primary amides is 2. The minimum atomic E-state index is -4.40. The fourth-order valence-electron chi connectivity index (χ4n) is 7.55. The van der Waals surface area contributed by atoms with Crippen LogP contribution in [0.5, 0.6) is 5.75 Å². The monoisotopic (exact) mass is 811 g/mol. The lowest BCUT2D eigenvalue weighted by atomic mass is 9.84. The molecule has 9 N–H and O–H groups in total. The molecule has 4 amide bonds. The number of amides is 4. The standard InChI is InChI=1S/C43H53N7O7S/c1-27-28(2)37(29(3)34-22-23-42(4,5)57-36(27)34)58(55,56)50(40(45)46)24-12-17-35(38(44)51)49(26-31-20-18-30(19-21-31)25-48-41(47)53)39(52)43(54,32-13-8-6-9-14-32)33-15-10-7-11-16-33/h6-11,13-16,18-21,35,54H,12,17,22-26H2,1-5H3,(H2,44,51)(H3,45,46)(H3,47,48,53)/t35-/m1/s1. The molecule has 0 unspecified atom stereocenters. The predicted molar refractivity (Wildman–Crippen MR) is 221 cm³/mol. The zero-order valence-electron chi connectivity index (χ0n) is 33.5. The van der Waals surface area contributed by atoms with Gasteiger partial charge in [-0.15, -0.1) is 0 Å². The Morgan fingerprint density at radius 2 is 1.43 bits per heavy atom. The van der Waals surface area contributed by atoms with Gasteiger partial charge in [0.05, 0.1) is 4.90 Å². The number of urea groups is 1. The van der Waals surface area contributed by atoms with Gasteiger partial charge in [0.1, 0.15) is 17.4 Å². The SMILES string of the molecule is Cc1c(C)c(S(=O)(=O)N(CCC[C@H](C(N)=O)N(Cc2ccc(CNC(N)=O)cc2)C(=O)C(O)(c2ccccc2)c2ccccc2)C(=N)N)c(C)c2c1OC(C)(C)CC2. The first kappa shape index (κ1) is 43.2. The Morgan fingerprint density at radius 3 is 1.95 bits per heavy atom. The molecule has 1 aliphatic heterocycles. The lowest BCUT2D eigenvalue weighted by Gasteiger charge is -2.38. The van der Waals surface area contributed by atoms with Gasteiger partial charge in [-0.2, -0.15) is 0 Å². The molecule has 1 heterocycles. The number of hydrogen-bond acceptors (Lipinski definition) is 8. The van der Waals surface area contributed by atoms with Gasteiger partial charge in [-0.05, 0) is 105 Å². The average molecular weight is 812 g/mol. The minimum absolute atomic E-state index is 0.0378. The molecule has 0 saturated heterocycles. The van der Waals surface area contributed by atoms with E-state index >= 15 is 4.79 Å². The van der Waals surface area contributed by atoms with Crippen LogP contribution in [0, 0.1) is 26.2 Å². The van der Waals surface area contributed by atoms with Crippen molar-refractivity contribution < 1.29 is 32.6 Å². The number of carbonyl (C=O) groups excluding carboxylic acids is 3. The summed E-state index contributed by atoms with van der Waals surface area (Å²) < 4.78 is 36.1. The van der Waals surface area contributed by atoms with E-state index in [-0.39, 0.29) is 48.5 Å². The highest BCUT2D eigenvalue weighted by Gasteiger charge is 2.46. The number of fused-ring (bicyclic) bond motifs is 1. The molecule has 1 atom stereocenters. The molecule has 15 heteroatoms. The summed E-state index contributed by atoms with van der Waals surface area (Å²) in [6.07, 6.45) is 1.09. The van der Waals surface area contributed by atoms with Crippen LogP contribution in [0.4, 0.5) is 4.79 Å². The summed E-state index contributed by atoms with van der Waals surface area (Å²) >= 11 is 0. The number of sulfonamides is 1. The number of hydrogen-bond donors (Lipinski definition) is 6. The number of nitrogens with zero attached hydrogens (tertiary/aromatic N) is 2. The summed E-state index contributed by atoms with van der Waals surface area (Å²) in [7, 11) is -4.40. The number of guanidine groups is 1. The Hall–Kier alpha value is -5.93. The van der Waals surface area contributed by atoms with E-state index in [1.807, 2.05) is 20.8 Å². The van der Waals surface area contributed by atoms with Gasteiger partial charge in [0.15, 0.2) is 5.60 Å². The summed E-state index contributed by atoms with van der Waals surface area (Å²) in [5.41, 5.74) is 18.8. The Labute approximate surface area is 339 Å². The first-order valence-electron chi connectivity index (χ1n) is 19.0. The highest BCUT2D eigenvalue weighted by Crippen LogP contribution is 2.43. The Bertz CT molecular complexity index is 2240. The second kappa shape index (κ2) is 17.3. The molecule has 0 aromatic heterocycles. The summed E-state index contributed by atoms with van der Waals surface area (Å²) in [6.45, 7) is 8.88. The topological polar surface area (TPSA) is 235 Å². The lowest BCUT2D eigenvalue weighted by Crippen LogP contribution is -2.55. The second-order valence-electron chi connectivity index (χ2n) is 15.3. The lowest BCUT2D eigenvalue weighted by molar-refractivity contribution is -0.154. The van der Waals surface area contributed by atoms with Crippen molar-refractivity contribution in [2.75, 3.05) is 6.54 Å². The Morgan fingerprint density at radius 1 is 0.879 bits per heavy atom. The molecule has 0 spiro atoms. The second-order valence-corrected chi connectivity index (χ2v) is 17.1. The van der Waals surface area contributed by atoms with Crippen molar-refractivity contribution in [1.29, 1.82) is 5.41 Å². The first-order valence-corrected chi connectivity index (χ1v) is 20.5. The number of benzene rings is 4. The van der Waals surface area contributed by atoms with Gasteiger partial charge >= 0.3 is 6.03 Å². The van der Waals surface area contributed by atoms with E-state index in [4.69, 9.17) is 27.3 Å².